The number of nitrogens with zero attached hydrogens (tertiary/aromatic N) is 2. The zero-order valence-electron chi connectivity index (χ0n) is 11.9. The Morgan fingerprint density at radius 3 is 3.00 bits per heavy atom. The third-order valence-electron chi connectivity index (χ3n) is 4.10. The van der Waals surface area contributed by atoms with E-state index in [4.69, 9.17) is 15.5 Å². The molecule has 2 N–H and O–H groups in total. The second kappa shape index (κ2) is 4.77. The molecule has 3 aromatic rings. The number of imidazole rings is 1. The fourth-order valence-corrected chi connectivity index (χ4v) is 4.26. The standard InChI is InChI=1S/C16H17N3OS/c1-20-11-6-4-5-10(9-11)14-15(17)19-12-7-2-3-8-13(12)21-16(19)18-14/h4-6,9H,2-3,7-8,17H2,1H3. The molecule has 0 fully saturated rings. The highest BCUT2D eigenvalue weighted by atomic mass is 32.1. The van der Waals surface area contributed by atoms with E-state index in [1.807, 2.05) is 24.3 Å². The minimum atomic E-state index is 0.748. The summed E-state index contributed by atoms with van der Waals surface area (Å²) in [7, 11) is 1.67. The first-order valence-corrected chi connectivity index (χ1v) is 8.02. The molecular weight excluding hydrogens is 282 g/mol. The third kappa shape index (κ3) is 1.92. The van der Waals surface area contributed by atoms with Crippen molar-refractivity contribution < 1.29 is 4.74 Å². The van der Waals surface area contributed by atoms with Crippen molar-refractivity contribution in [1.29, 1.82) is 0 Å². The largest absolute Gasteiger partial charge is 0.497 e. The third-order valence-corrected chi connectivity index (χ3v) is 5.24. The second-order valence-corrected chi connectivity index (χ2v) is 6.44. The van der Waals surface area contributed by atoms with Gasteiger partial charge >= 0.3 is 0 Å². The molecule has 0 atom stereocenters. The van der Waals surface area contributed by atoms with Gasteiger partial charge in [-0.1, -0.05) is 12.1 Å². The van der Waals surface area contributed by atoms with Gasteiger partial charge in [-0.25, -0.2) is 4.98 Å². The number of aromatic nitrogens is 2. The van der Waals surface area contributed by atoms with E-state index >= 15 is 0 Å². The van der Waals surface area contributed by atoms with Crippen LogP contribution in [0.1, 0.15) is 23.4 Å². The Labute approximate surface area is 127 Å². The molecule has 0 aliphatic heterocycles. The van der Waals surface area contributed by atoms with Gasteiger partial charge in [0.15, 0.2) is 4.96 Å². The lowest BCUT2D eigenvalue weighted by Crippen LogP contribution is -2.05. The van der Waals surface area contributed by atoms with Gasteiger partial charge in [0.2, 0.25) is 0 Å². The average molecular weight is 299 g/mol. The normalized spacial score (nSPS) is 14.3. The molecule has 1 aliphatic carbocycles. The van der Waals surface area contributed by atoms with Crippen molar-refractivity contribution in [3.05, 3.63) is 34.8 Å². The topological polar surface area (TPSA) is 52.5 Å². The summed E-state index contributed by atoms with van der Waals surface area (Å²) in [6.07, 6.45) is 4.79. The van der Waals surface area contributed by atoms with E-state index in [1.165, 1.54) is 23.4 Å². The Balaban J connectivity index is 1.90. The monoisotopic (exact) mass is 299 g/mol. The van der Waals surface area contributed by atoms with Crippen LogP contribution in [0.3, 0.4) is 0 Å². The maximum atomic E-state index is 6.40. The zero-order valence-corrected chi connectivity index (χ0v) is 12.7. The summed E-state index contributed by atoms with van der Waals surface area (Å²) < 4.78 is 7.44. The number of hydrogen-bond acceptors (Lipinski definition) is 4. The predicted octanol–water partition coefficient (Wildman–Crippen LogP) is 3.53. The van der Waals surface area contributed by atoms with Crippen LogP contribution >= 0.6 is 11.3 Å². The van der Waals surface area contributed by atoms with Crippen molar-refractivity contribution in [1.82, 2.24) is 9.38 Å². The number of thiazole rings is 1. The Morgan fingerprint density at radius 1 is 1.29 bits per heavy atom. The number of methoxy groups -OCH3 is 1. The SMILES string of the molecule is COc1cccc(-c2nc3sc4c(n3c2N)CCCC4)c1. The predicted molar refractivity (Wildman–Crippen MR) is 86.1 cm³/mol. The molecule has 1 aliphatic rings. The highest BCUT2D eigenvalue weighted by Gasteiger charge is 2.21. The summed E-state index contributed by atoms with van der Waals surface area (Å²) >= 11 is 1.78. The lowest BCUT2D eigenvalue weighted by atomic mass is 10.0. The van der Waals surface area contributed by atoms with Crippen molar-refractivity contribution in [2.45, 2.75) is 25.7 Å². The number of nitrogen functional groups attached to an aromatic ring is 1. The van der Waals surface area contributed by atoms with Gasteiger partial charge in [0.25, 0.3) is 0 Å². The summed E-state index contributed by atoms with van der Waals surface area (Å²) in [6.45, 7) is 0. The number of nitrogens with two attached hydrogens (primary N) is 1. The van der Waals surface area contributed by atoms with Crippen LogP contribution in [0.5, 0.6) is 5.75 Å². The number of fused-ring (bicyclic) bond motifs is 3. The lowest BCUT2D eigenvalue weighted by molar-refractivity contribution is 0.415. The van der Waals surface area contributed by atoms with Crippen molar-refractivity contribution in [2.75, 3.05) is 12.8 Å². The molecule has 0 saturated heterocycles. The van der Waals surface area contributed by atoms with E-state index in [1.54, 1.807) is 18.4 Å². The molecule has 0 radical (unpaired) electrons. The summed E-state index contributed by atoms with van der Waals surface area (Å²) in [5.74, 6) is 1.57. The van der Waals surface area contributed by atoms with E-state index in [9.17, 15) is 0 Å². The molecular formula is C16H17N3OS. The zero-order chi connectivity index (χ0) is 14.4. The van der Waals surface area contributed by atoms with Crippen molar-refractivity contribution in [2.24, 2.45) is 0 Å². The molecule has 4 nitrogen and oxygen atoms in total. The number of ether oxygens (including phenoxy) is 1. The van der Waals surface area contributed by atoms with Crippen molar-refractivity contribution in [3.8, 4) is 17.0 Å². The molecule has 0 unspecified atom stereocenters. The van der Waals surface area contributed by atoms with Gasteiger partial charge in [0.05, 0.1) is 7.11 Å². The Hall–Kier alpha value is -2.01. The van der Waals surface area contributed by atoms with Crippen molar-refractivity contribution >= 4 is 22.1 Å². The molecule has 1 aromatic carbocycles. The molecule has 108 valence electrons. The quantitative estimate of drug-likeness (QED) is 0.787. The van der Waals surface area contributed by atoms with E-state index in [-0.39, 0.29) is 0 Å². The first kappa shape index (κ1) is 12.7. The van der Waals surface area contributed by atoms with E-state index in [0.717, 1.165) is 40.6 Å². The number of hydrogen-bond donors (Lipinski definition) is 1. The summed E-state index contributed by atoms with van der Waals surface area (Å²) in [6, 6.07) is 7.91. The van der Waals surface area contributed by atoms with Crippen LogP contribution in [0.4, 0.5) is 5.82 Å². The van der Waals surface area contributed by atoms with Gasteiger partial charge in [-0.2, -0.15) is 0 Å². The minimum Gasteiger partial charge on any atom is -0.497 e. The van der Waals surface area contributed by atoms with Crippen LogP contribution in [0, 0.1) is 0 Å². The Morgan fingerprint density at radius 2 is 2.14 bits per heavy atom. The molecule has 0 amide bonds. The molecule has 0 bridgehead atoms. The summed E-state index contributed by atoms with van der Waals surface area (Å²) in [4.78, 5) is 7.23. The van der Waals surface area contributed by atoms with Gasteiger partial charge < -0.3 is 10.5 Å². The van der Waals surface area contributed by atoms with Crippen LogP contribution in [0.25, 0.3) is 16.2 Å². The molecule has 21 heavy (non-hydrogen) atoms. The van der Waals surface area contributed by atoms with Gasteiger partial charge in [-0.3, -0.25) is 4.40 Å². The molecule has 5 heteroatoms. The van der Waals surface area contributed by atoms with Crippen LogP contribution in [0.15, 0.2) is 24.3 Å². The van der Waals surface area contributed by atoms with E-state index in [2.05, 4.69) is 4.40 Å². The number of rotatable bonds is 2. The van der Waals surface area contributed by atoms with Gasteiger partial charge in [0, 0.05) is 16.1 Å². The maximum Gasteiger partial charge on any atom is 0.196 e. The molecule has 0 spiro atoms. The number of benzene rings is 1. The van der Waals surface area contributed by atoms with Gasteiger partial charge in [-0.15, -0.1) is 11.3 Å². The van der Waals surface area contributed by atoms with Crippen LogP contribution in [-0.2, 0) is 12.8 Å². The summed E-state index contributed by atoms with van der Waals surface area (Å²) in [5, 5.41) is 0. The number of aryl methyl sites for hydroxylation is 2. The second-order valence-electron chi connectivity index (χ2n) is 5.37. The highest BCUT2D eigenvalue weighted by molar-refractivity contribution is 7.17. The average Bonchev–Trinajstić information content (AvgIpc) is 3.04. The number of anilines is 1. The fourth-order valence-electron chi connectivity index (χ4n) is 3.04. The molecule has 0 saturated carbocycles. The highest BCUT2D eigenvalue weighted by Crippen LogP contribution is 2.36. The van der Waals surface area contributed by atoms with Crippen LogP contribution in [0.2, 0.25) is 0 Å². The molecule has 2 heterocycles. The maximum absolute atomic E-state index is 6.40. The Kier molecular flexibility index (Phi) is 2.89. The lowest BCUT2D eigenvalue weighted by Gasteiger charge is -2.11. The fraction of sp³-hybridized carbons (Fsp3) is 0.312. The first-order valence-electron chi connectivity index (χ1n) is 7.21. The smallest absolute Gasteiger partial charge is 0.196 e. The minimum absolute atomic E-state index is 0.748. The molecule has 4 rings (SSSR count). The van der Waals surface area contributed by atoms with Crippen LogP contribution in [-0.4, -0.2) is 16.5 Å². The summed E-state index contributed by atoms with van der Waals surface area (Å²) in [5.41, 5.74) is 9.62. The van der Waals surface area contributed by atoms with E-state index < -0.39 is 0 Å². The first-order chi connectivity index (χ1) is 10.3. The Bertz CT molecular complexity index is 818. The van der Waals surface area contributed by atoms with Gasteiger partial charge in [-0.05, 0) is 37.8 Å². The van der Waals surface area contributed by atoms with Crippen LogP contribution < -0.4 is 10.5 Å². The van der Waals surface area contributed by atoms with E-state index in [0.29, 0.717) is 0 Å². The molecule has 2 aromatic heterocycles. The van der Waals surface area contributed by atoms with Crippen molar-refractivity contribution in [3.63, 3.8) is 0 Å². The van der Waals surface area contributed by atoms with Gasteiger partial charge in [0.1, 0.15) is 17.3 Å².